The number of hydrogen-bond acceptors (Lipinski definition) is 4. The van der Waals surface area contributed by atoms with Crippen LogP contribution >= 0.6 is 0 Å². The Hall–Kier alpha value is -1.68. The molecule has 2 N–H and O–H groups in total. The fourth-order valence-corrected chi connectivity index (χ4v) is 2.86. The standard InChI is InChI=1S/C16H23N3O/c1-12(2)11-14-13-5-3-4-6-15(13)20-18-16(14)19-9-7-17-8-10-19/h3-6,12,17-18H,7-11H2,1-2H3. The fourth-order valence-electron chi connectivity index (χ4n) is 2.86. The van der Waals surface area contributed by atoms with E-state index in [-0.39, 0.29) is 0 Å². The van der Waals surface area contributed by atoms with Gasteiger partial charge in [0.1, 0.15) is 5.82 Å². The SMILES string of the molecule is CC(C)CC1=C(N2CCNCC2)NOc2ccccc21. The van der Waals surface area contributed by atoms with Gasteiger partial charge in [-0.1, -0.05) is 32.0 Å². The van der Waals surface area contributed by atoms with Crippen molar-refractivity contribution in [1.29, 1.82) is 0 Å². The number of hydroxylamine groups is 1. The second-order valence-electron chi connectivity index (χ2n) is 5.86. The highest BCUT2D eigenvalue weighted by Crippen LogP contribution is 2.35. The van der Waals surface area contributed by atoms with Crippen molar-refractivity contribution >= 4 is 5.57 Å². The van der Waals surface area contributed by atoms with E-state index in [1.807, 2.05) is 12.1 Å². The molecule has 108 valence electrons. The minimum absolute atomic E-state index is 0.621. The van der Waals surface area contributed by atoms with E-state index in [2.05, 4.69) is 41.7 Å². The molecule has 2 aliphatic rings. The number of piperazine rings is 1. The van der Waals surface area contributed by atoms with Crippen LogP contribution in [0.3, 0.4) is 0 Å². The van der Waals surface area contributed by atoms with E-state index in [4.69, 9.17) is 4.84 Å². The van der Waals surface area contributed by atoms with Gasteiger partial charge in [-0.2, -0.15) is 0 Å². The summed E-state index contributed by atoms with van der Waals surface area (Å²) in [7, 11) is 0. The number of benzene rings is 1. The van der Waals surface area contributed by atoms with Gasteiger partial charge in [0.25, 0.3) is 0 Å². The van der Waals surface area contributed by atoms with Gasteiger partial charge >= 0.3 is 0 Å². The molecule has 0 bridgehead atoms. The second kappa shape index (κ2) is 5.75. The van der Waals surface area contributed by atoms with Gasteiger partial charge in [0, 0.05) is 37.3 Å². The summed E-state index contributed by atoms with van der Waals surface area (Å²) in [6.45, 7) is 8.63. The quantitative estimate of drug-likeness (QED) is 0.885. The molecule has 0 aromatic heterocycles. The van der Waals surface area contributed by atoms with Crippen LogP contribution in [0.1, 0.15) is 25.8 Å². The first-order valence-corrected chi connectivity index (χ1v) is 7.47. The number of hydrogen-bond donors (Lipinski definition) is 2. The van der Waals surface area contributed by atoms with Crippen molar-refractivity contribution < 1.29 is 4.84 Å². The highest BCUT2D eigenvalue weighted by atomic mass is 16.6. The predicted octanol–water partition coefficient (Wildman–Crippen LogP) is 2.20. The van der Waals surface area contributed by atoms with Crippen molar-refractivity contribution in [3.63, 3.8) is 0 Å². The molecule has 0 aliphatic carbocycles. The Morgan fingerprint density at radius 3 is 2.70 bits per heavy atom. The van der Waals surface area contributed by atoms with Crippen molar-refractivity contribution in [1.82, 2.24) is 15.7 Å². The highest BCUT2D eigenvalue weighted by Gasteiger charge is 2.25. The van der Waals surface area contributed by atoms with Gasteiger partial charge in [0.2, 0.25) is 0 Å². The molecule has 0 atom stereocenters. The molecular formula is C16H23N3O. The van der Waals surface area contributed by atoms with Crippen molar-refractivity contribution in [3.05, 3.63) is 35.6 Å². The number of allylic oxidation sites excluding steroid dienone is 1. The van der Waals surface area contributed by atoms with Gasteiger partial charge in [0.15, 0.2) is 5.75 Å². The minimum atomic E-state index is 0.621. The Labute approximate surface area is 120 Å². The first-order chi connectivity index (χ1) is 9.75. The summed E-state index contributed by atoms with van der Waals surface area (Å²) < 4.78 is 0. The third-order valence-corrected chi connectivity index (χ3v) is 3.80. The van der Waals surface area contributed by atoms with E-state index in [9.17, 15) is 0 Å². The van der Waals surface area contributed by atoms with Crippen LogP contribution in [0.5, 0.6) is 5.75 Å². The molecule has 1 saturated heterocycles. The lowest BCUT2D eigenvalue weighted by Crippen LogP contribution is -2.47. The molecule has 1 fully saturated rings. The van der Waals surface area contributed by atoms with E-state index in [1.54, 1.807) is 0 Å². The molecule has 0 unspecified atom stereocenters. The summed E-state index contributed by atoms with van der Waals surface area (Å²) in [4.78, 5) is 8.12. The third kappa shape index (κ3) is 2.61. The van der Waals surface area contributed by atoms with Gasteiger partial charge in [-0.05, 0) is 18.4 Å². The Morgan fingerprint density at radius 1 is 1.20 bits per heavy atom. The average molecular weight is 273 g/mol. The molecule has 0 saturated carbocycles. The summed E-state index contributed by atoms with van der Waals surface area (Å²) in [6, 6.07) is 8.29. The first kappa shape index (κ1) is 13.3. The first-order valence-electron chi connectivity index (χ1n) is 7.47. The maximum Gasteiger partial charge on any atom is 0.162 e. The van der Waals surface area contributed by atoms with Crippen molar-refractivity contribution in [3.8, 4) is 5.75 Å². The maximum atomic E-state index is 5.73. The molecule has 3 rings (SSSR count). The largest absolute Gasteiger partial charge is 0.380 e. The molecule has 2 aliphatic heterocycles. The zero-order valence-electron chi connectivity index (χ0n) is 12.3. The van der Waals surface area contributed by atoms with E-state index in [1.165, 1.54) is 11.1 Å². The topological polar surface area (TPSA) is 36.5 Å². The molecule has 1 aromatic rings. The number of fused-ring (bicyclic) bond motifs is 1. The van der Waals surface area contributed by atoms with Crippen LogP contribution in [0, 0.1) is 5.92 Å². The minimum Gasteiger partial charge on any atom is -0.380 e. The van der Waals surface area contributed by atoms with Crippen LogP contribution in [-0.2, 0) is 0 Å². The molecule has 0 spiro atoms. The molecule has 0 radical (unpaired) electrons. The zero-order valence-corrected chi connectivity index (χ0v) is 12.3. The second-order valence-corrected chi connectivity index (χ2v) is 5.86. The van der Waals surface area contributed by atoms with Gasteiger partial charge in [-0.3, -0.25) is 0 Å². The molecule has 4 heteroatoms. The Morgan fingerprint density at radius 2 is 1.95 bits per heavy atom. The fraction of sp³-hybridized carbons (Fsp3) is 0.500. The van der Waals surface area contributed by atoms with E-state index in [0.29, 0.717) is 5.92 Å². The number of nitrogens with one attached hydrogen (secondary N) is 2. The molecule has 4 nitrogen and oxygen atoms in total. The van der Waals surface area contributed by atoms with Gasteiger partial charge in [-0.25, -0.2) is 5.48 Å². The summed E-state index contributed by atoms with van der Waals surface area (Å²) >= 11 is 0. The van der Waals surface area contributed by atoms with Gasteiger partial charge in [-0.15, -0.1) is 0 Å². The van der Waals surface area contributed by atoms with Crippen molar-refractivity contribution in [2.24, 2.45) is 5.92 Å². The Balaban J connectivity index is 1.99. The maximum absolute atomic E-state index is 5.73. The smallest absolute Gasteiger partial charge is 0.162 e. The zero-order chi connectivity index (χ0) is 13.9. The summed E-state index contributed by atoms with van der Waals surface area (Å²) in [6.07, 6.45) is 1.06. The summed E-state index contributed by atoms with van der Waals surface area (Å²) in [5.41, 5.74) is 5.79. The summed E-state index contributed by atoms with van der Waals surface area (Å²) in [5, 5.41) is 3.40. The Bertz CT molecular complexity index is 504. The van der Waals surface area contributed by atoms with E-state index in [0.717, 1.165) is 44.2 Å². The highest BCUT2D eigenvalue weighted by molar-refractivity contribution is 5.73. The average Bonchev–Trinajstić information content (AvgIpc) is 2.48. The van der Waals surface area contributed by atoms with Gasteiger partial charge < -0.3 is 15.1 Å². The van der Waals surface area contributed by atoms with Crippen molar-refractivity contribution in [2.75, 3.05) is 26.2 Å². The van der Waals surface area contributed by atoms with Crippen LogP contribution < -0.4 is 15.6 Å². The molecule has 2 heterocycles. The summed E-state index contributed by atoms with van der Waals surface area (Å²) in [5.74, 6) is 2.71. The number of para-hydroxylation sites is 1. The Kier molecular flexibility index (Phi) is 3.83. The van der Waals surface area contributed by atoms with Crippen LogP contribution in [-0.4, -0.2) is 31.1 Å². The number of rotatable bonds is 3. The van der Waals surface area contributed by atoms with Crippen LogP contribution in [0.25, 0.3) is 5.57 Å². The van der Waals surface area contributed by atoms with Gasteiger partial charge in [0.05, 0.1) is 0 Å². The normalized spacial score (nSPS) is 18.6. The van der Waals surface area contributed by atoms with Crippen LogP contribution in [0.2, 0.25) is 0 Å². The molecular weight excluding hydrogens is 250 g/mol. The molecule has 20 heavy (non-hydrogen) atoms. The molecule has 1 aromatic carbocycles. The number of nitrogens with zero attached hydrogens (tertiary/aromatic N) is 1. The van der Waals surface area contributed by atoms with Crippen molar-refractivity contribution in [2.45, 2.75) is 20.3 Å². The lowest BCUT2D eigenvalue weighted by atomic mass is 9.94. The lowest BCUT2D eigenvalue weighted by molar-refractivity contribution is 0.158. The lowest BCUT2D eigenvalue weighted by Gasteiger charge is -2.36. The van der Waals surface area contributed by atoms with E-state index < -0.39 is 0 Å². The molecule has 0 amide bonds. The third-order valence-electron chi connectivity index (χ3n) is 3.80. The van der Waals surface area contributed by atoms with Crippen LogP contribution in [0.4, 0.5) is 0 Å². The predicted molar refractivity (Wildman–Crippen MR) is 81.0 cm³/mol. The van der Waals surface area contributed by atoms with Crippen LogP contribution in [0.15, 0.2) is 30.1 Å². The van der Waals surface area contributed by atoms with E-state index >= 15 is 0 Å². The monoisotopic (exact) mass is 273 g/mol.